The molecule has 1 aliphatic heterocycles. The summed E-state index contributed by atoms with van der Waals surface area (Å²) in [5.41, 5.74) is 4.26. The number of hydrogen-bond acceptors (Lipinski definition) is 7. The van der Waals surface area contributed by atoms with Gasteiger partial charge in [0, 0.05) is 37.9 Å². The Morgan fingerprint density at radius 1 is 1.14 bits per heavy atom. The number of halogens is 3. The van der Waals surface area contributed by atoms with Gasteiger partial charge in [-0.25, -0.2) is 9.78 Å². The van der Waals surface area contributed by atoms with Crippen LogP contribution in [0.4, 0.5) is 18.3 Å². The highest BCUT2D eigenvalue weighted by Gasteiger charge is 2.38. The van der Waals surface area contributed by atoms with Gasteiger partial charge < -0.3 is 20.3 Å². The fourth-order valence-electron chi connectivity index (χ4n) is 4.23. The Labute approximate surface area is 250 Å². The van der Waals surface area contributed by atoms with Gasteiger partial charge in [-0.1, -0.05) is 42.3 Å². The zero-order valence-corrected chi connectivity index (χ0v) is 24.2. The number of ether oxygens (including phenoxy) is 1. The Balaban J connectivity index is 0.000000646. The third kappa shape index (κ3) is 10.7. The Hall–Kier alpha value is -4.41. The SMILES string of the molecule is CC#C[C@@H](CC(=O)O)c1ccc(OCc2cccc(CN3CCc4nc(NC(C)=O)sc4C3)c2)cc1.O=C(O)C(F)(F)F. The van der Waals surface area contributed by atoms with Crippen molar-refractivity contribution in [2.45, 2.75) is 58.5 Å². The molecule has 228 valence electrons. The lowest BCUT2D eigenvalue weighted by Crippen LogP contribution is -2.29. The lowest BCUT2D eigenvalue weighted by Gasteiger charge is -2.26. The van der Waals surface area contributed by atoms with Crippen molar-refractivity contribution in [1.82, 2.24) is 9.88 Å². The van der Waals surface area contributed by atoms with Crippen LogP contribution in [0.3, 0.4) is 0 Å². The first kappa shape index (κ1) is 33.1. The summed E-state index contributed by atoms with van der Waals surface area (Å²) in [7, 11) is 0. The molecule has 43 heavy (non-hydrogen) atoms. The van der Waals surface area contributed by atoms with E-state index in [1.54, 1.807) is 18.3 Å². The van der Waals surface area contributed by atoms with E-state index in [9.17, 15) is 22.8 Å². The molecular formula is C30H30F3N3O6S. The highest BCUT2D eigenvalue weighted by atomic mass is 32.1. The Morgan fingerprint density at radius 2 is 1.81 bits per heavy atom. The van der Waals surface area contributed by atoms with Gasteiger partial charge in [0.2, 0.25) is 5.91 Å². The van der Waals surface area contributed by atoms with E-state index in [0.29, 0.717) is 11.7 Å². The maximum absolute atomic E-state index is 11.3. The zero-order valence-electron chi connectivity index (χ0n) is 23.4. The Bertz CT molecular complexity index is 1500. The van der Waals surface area contributed by atoms with Gasteiger partial charge in [-0.05, 0) is 35.7 Å². The van der Waals surface area contributed by atoms with Gasteiger partial charge in [-0.15, -0.1) is 17.3 Å². The normalized spacial score (nSPS) is 13.3. The molecule has 3 N–H and O–H groups in total. The van der Waals surface area contributed by atoms with Crippen molar-refractivity contribution in [3.05, 3.63) is 75.8 Å². The molecule has 1 aliphatic rings. The monoisotopic (exact) mass is 617 g/mol. The largest absolute Gasteiger partial charge is 0.490 e. The molecule has 2 aromatic carbocycles. The van der Waals surface area contributed by atoms with Crippen LogP contribution in [0.5, 0.6) is 5.75 Å². The van der Waals surface area contributed by atoms with Crippen molar-refractivity contribution in [1.29, 1.82) is 0 Å². The Kier molecular flexibility index (Phi) is 11.7. The van der Waals surface area contributed by atoms with Crippen molar-refractivity contribution in [3.8, 4) is 17.6 Å². The fourth-order valence-corrected chi connectivity index (χ4v) is 5.32. The minimum Gasteiger partial charge on any atom is -0.489 e. The Morgan fingerprint density at radius 3 is 2.42 bits per heavy atom. The molecule has 0 saturated carbocycles. The summed E-state index contributed by atoms with van der Waals surface area (Å²) >= 11 is 1.55. The topological polar surface area (TPSA) is 129 Å². The number of aromatic nitrogens is 1. The standard InChI is InChI=1S/C28H29N3O4S.C2HF3O2/c1-3-5-23(15-27(33)34)22-8-10-24(11-9-22)35-18-21-7-4-6-20(14-21)16-31-13-12-25-26(17-31)36-28(30-25)29-19(2)32;3-2(4,5)1(6)7/h4,6-11,14,23H,12-13,15-18H2,1-2H3,(H,33,34)(H,29,30,32);(H,6,7)/t23-;/m0./s1. The summed E-state index contributed by atoms with van der Waals surface area (Å²) < 4.78 is 37.7. The predicted octanol–water partition coefficient (Wildman–Crippen LogP) is 5.45. The van der Waals surface area contributed by atoms with Gasteiger partial charge in [0.05, 0.1) is 18.0 Å². The highest BCUT2D eigenvalue weighted by molar-refractivity contribution is 7.15. The van der Waals surface area contributed by atoms with Gasteiger partial charge in [0.15, 0.2) is 5.13 Å². The number of rotatable bonds is 9. The van der Waals surface area contributed by atoms with Crippen LogP contribution in [0.25, 0.3) is 0 Å². The average molecular weight is 618 g/mol. The summed E-state index contributed by atoms with van der Waals surface area (Å²) in [5.74, 6) is 2.46. The minimum atomic E-state index is -5.08. The van der Waals surface area contributed by atoms with Crippen LogP contribution < -0.4 is 10.1 Å². The summed E-state index contributed by atoms with van der Waals surface area (Å²) in [5, 5.41) is 19.7. The van der Waals surface area contributed by atoms with Crippen molar-refractivity contribution < 1.29 is 42.5 Å². The van der Waals surface area contributed by atoms with Crippen molar-refractivity contribution >= 4 is 34.3 Å². The van der Waals surface area contributed by atoms with E-state index in [1.165, 1.54) is 17.4 Å². The summed E-state index contributed by atoms with van der Waals surface area (Å²) in [4.78, 5) is 39.5. The number of carbonyl (C=O) groups is 3. The lowest BCUT2D eigenvalue weighted by molar-refractivity contribution is -0.192. The maximum atomic E-state index is 11.3. The number of aliphatic carboxylic acids is 2. The van der Waals surface area contributed by atoms with E-state index in [2.05, 4.69) is 45.2 Å². The maximum Gasteiger partial charge on any atom is 0.490 e. The molecule has 0 spiro atoms. The molecule has 1 atom stereocenters. The average Bonchev–Trinajstić information content (AvgIpc) is 3.32. The molecule has 2 heterocycles. The van der Waals surface area contributed by atoms with E-state index in [-0.39, 0.29) is 18.2 Å². The quantitative estimate of drug-likeness (QED) is 0.270. The number of benzene rings is 2. The van der Waals surface area contributed by atoms with Crippen LogP contribution in [0, 0.1) is 11.8 Å². The van der Waals surface area contributed by atoms with Crippen molar-refractivity contribution in [3.63, 3.8) is 0 Å². The van der Waals surface area contributed by atoms with E-state index >= 15 is 0 Å². The van der Waals surface area contributed by atoms with Crippen molar-refractivity contribution in [2.24, 2.45) is 0 Å². The second-order valence-corrected chi connectivity index (χ2v) is 10.6. The molecule has 1 aromatic heterocycles. The molecule has 0 bridgehead atoms. The number of nitrogens with zero attached hydrogens (tertiary/aromatic N) is 2. The smallest absolute Gasteiger partial charge is 0.489 e. The van der Waals surface area contributed by atoms with Crippen LogP contribution in [0.1, 0.15) is 53.4 Å². The second-order valence-electron chi connectivity index (χ2n) is 9.56. The fraction of sp³-hybridized carbons (Fsp3) is 0.333. The number of alkyl halides is 3. The van der Waals surface area contributed by atoms with Crippen molar-refractivity contribution in [2.75, 3.05) is 11.9 Å². The zero-order chi connectivity index (χ0) is 31.6. The van der Waals surface area contributed by atoms with Gasteiger partial charge >= 0.3 is 18.1 Å². The van der Waals surface area contributed by atoms with E-state index in [0.717, 1.165) is 48.6 Å². The first-order chi connectivity index (χ1) is 20.3. The number of carboxylic acids is 2. The third-order valence-electron chi connectivity index (χ3n) is 6.12. The molecule has 0 radical (unpaired) electrons. The molecular weight excluding hydrogens is 587 g/mol. The lowest BCUT2D eigenvalue weighted by atomic mass is 9.96. The first-order valence-corrected chi connectivity index (χ1v) is 13.9. The molecule has 0 saturated heterocycles. The first-order valence-electron chi connectivity index (χ1n) is 13.1. The summed E-state index contributed by atoms with van der Waals surface area (Å²) in [6.07, 6.45) is -4.23. The number of amides is 1. The molecule has 3 aromatic rings. The third-order valence-corrected chi connectivity index (χ3v) is 7.12. The number of thiazole rings is 1. The molecule has 0 fully saturated rings. The second kappa shape index (κ2) is 15.2. The number of carboxylic acid groups (broad SMARTS) is 2. The number of hydrogen-bond donors (Lipinski definition) is 3. The molecule has 9 nitrogen and oxygen atoms in total. The number of fused-ring (bicyclic) bond motifs is 1. The molecule has 1 amide bonds. The summed E-state index contributed by atoms with van der Waals surface area (Å²) in [6, 6.07) is 15.9. The van der Waals surface area contributed by atoms with Crippen LogP contribution in [-0.2, 0) is 40.5 Å². The van der Waals surface area contributed by atoms with Gasteiger partial charge in [0.1, 0.15) is 12.4 Å². The minimum absolute atomic E-state index is 0.0222. The molecule has 4 rings (SSSR count). The van der Waals surface area contributed by atoms with Gasteiger partial charge in [0.25, 0.3) is 0 Å². The molecule has 0 unspecified atom stereocenters. The van der Waals surface area contributed by atoms with Crippen LogP contribution in [0.15, 0.2) is 48.5 Å². The van der Waals surface area contributed by atoms with E-state index < -0.39 is 18.1 Å². The molecule has 13 heteroatoms. The van der Waals surface area contributed by atoms with Crippen LogP contribution >= 0.6 is 11.3 Å². The summed E-state index contributed by atoms with van der Waals surface area (Å²) in [6.45, 7) is 6.24. The molecule has 0 aliphatic carbocycles. The number of anilines is 1. The van der Waals surface area contributed by atoms with Gasteiger partial charge in [-0.3, -0.25) is 14.5 Å². The number of nitrogens with one attached hydrogen (secondary N) is 1. The van der Waals surface area contributed by atoms with Gasteiger partial charge in [-0.2, -0.15) is 13.2 Å². The van der Waals surface area contributed by atoms with Crippen LogP contribution in [0.2, 0.25) is 0 Å². The number of carbonyl (C=O) groups excluding carboxylic acids is 1. The van der Waals surface area contributed by atoms with Crippen LogP contribution in [-0.4, -0.2) is 50.7 Å². The van der Waals surface area contributed by atoms with E-state index in [1.807, 2.05) is 30.3 Å². The van der Waals surface area contributed by atoms with E-state index in [4.69, 9.17) is 19.7 Å². The highest BCUT2D eigenvalue weighted by Crippen LogP contribution is 2.29. The predicted molar refractivity (Wildman–Crippen MR) is 154 cm³/mol.